The summed E-state index contributed by atoms with van der Waals surface area (Å²) in [5.74, 6) is 1.30. The molecule has 0 fully saturated rings. The van der Waals surface area contributed by atoms with Crippen LogP contribution >= 0.6 is 11.3 Å². The zero-order chi connectivity index (χ0) is 21.5. The van der Waals surface area contributed by atoms with Crippen molar-refractivity contribution < 1.29 is 17.9 Å². The molecule has 8 heteroatoms. The molecule has 0 N–H and O–H groups in total. The molecule has 0 aliphatic carbocycles. The maximum absolute atomic E-state index is 13.2. The number of methoxy groups -OCH3 is 2. The number of fused-ring (bicyclic) bond motifs is 1. The van der Waals surface area contributed by atoms with Gasteiger partial charge in [-0.25, -0.2) is 13.4 Å². The van der Waals surface area contributed by atoms with Gasteiger partial charge in [-0.2, -0.15) is 4.31 Å². The summed E-state index contributed by atoms with van der Waals surface area (Å²) >= 11 is 1.53. The first-order chi connectivity index (χ1) is 14.3. The Hall–Kier alpha value is -2.42. The van der Waals surface area contributed by atoms with Crippen LogP contribution in [0.3, 0.4) is 0 Å². The van der Waals surface area contributed by atoms with Crippen LogP contribution in [0.15, 0.2) is 41.3 Å². The Labute approximate surface area is 181 Å². The molecule has 158 valence electrons. The number of thiazole rings is 1. The fourth-order valence-corrected chi connectivity index (χ4v) is 6.51. The molecule has 1 aliphatic heterocycles. The Bertz CT molecular complexity index is 1200. The minimum atomic E-state index is -3.55. The molecule has 0 spiro atoms. The number of ether oxygens (including phenoxy) is 2. The number of aryl methyl sites for hydroxylation is 2. The van der Waals surface area contributed by atoms with Crippen molar-refractivity contribution in [2.24, 2.45) is 0 Å². The number of hydrogen-bond donors (Lipinski definition) is 0. The summed E-state index contributed by atoms with van der Waals surface area (Å²) in [6.45, 7) is 4.58. The molecule has 1 aromatic heterocycles. The standard InChI is InChI=1S/C22H24N2O4S2/c1-14-5-8-21(15(2)11-14)30(25,26)24-10-9-17-20(13-24)29-22(23-17)16-6-7-18(27-3)19(12-16)28-4/h5-8,11-12H,9-10,13H2,1-4H3. The molecule has 30 heavy (non-hydrogen) atoms. The lowest BCUT2D eigenvalue weighted by molar-refractivity contribution is 0.355. The van der Waals surface area contributed by atoms with E-state index in [1.54, 1.807) is 24.6 Å². The van der Waals surface area contributed by atoms with Gasteiger partial charge in [0.1, 0.15) is 5.01 Å². The van der Waals surface area contributed by atoms with Gasteiger partial charge in [-0.1, -0.05) is 17.7 Å². The van der Waals surface area contributed by atoms with Crippen molar-refractivity contribution in [1.29, 1.82) is 0 Å². The maximum Gasteiger partial charge on any atom is 0.243 e. The van der Waals surface area contributed by atoms with Gasteiger partial charge in [-0.05, 0) is 43.7 Å². The highest BCUT2D eigenvalue weighted by atomic mass is 32.2. The predicted molar refractivity (Wildman–Crippen MR) is 118 cm³/mol. The zero-order valence-electron chi connectivity index (χ0n) is 17.4. The smallest absolute Gasteiger partial charge is 0.243 e. The molecule has 6 nitrogen and oxygen atoms in total. The number of rotatable bonds is 5. The van der Waals surface area contributed by atoms with E-state index in [4.69, 9.17) is 14.5 Å². The van der Waals surface area contributed by atoms with Crippen LogP contribution in [-0.4, -0.2) is 38.5 Å². The highest BCUT2D eigenvalue weighted by Crippen LogP contribution is 2.37. The van der Waals surface area contributed by atoms with E-state index in [-0.39, 0.29) is 0 Å². The summed E-state index contributed by atoms with van der Waals surface area (Å²) in [4.78, 5) is 6.13. The summed E-state index contributed by atoms with van der Waals surface area (Å²) in [7, 11) is -0.348. The fourth-order valence-electron chi connectivity index (χ4n) is 3.70. The van der Waals surface area contributed by atoms with Crippen molar-refractivity contribution >= 4 is 21.4 Å². The quantitative estimate of drug-likeness (QED) is 0.590. The van der Waals surface area contributed by atoms with Crippen LogP contribution in [0.1, 0.15) is 21.7 Å². The van der Waals surface area contributed by atoms with Gasteiger partial charge < -0.3 is 9.47 Å². The third-order valence-electron chi connectivity index (χ3n) is 5.27. The van der Waals surface area contributed by atoms with E-state index in [0.717, 1.165) is 32.3 Å². The molecule has 0 saturated heterocycles. The van der Waals surface area contributed by atoms with Gasteiger partial charge in [-0.3, -0.25) is 0 Å². The summed E-state index contributed by atoms with van der Waals surface area (Å²) < 4.78 is 38.7. The van der Waals surface area contributed by atoms with Crippen molar-refractivity contribution in [3.05, 3.63) is 58.1 Å². The Kier molecular flexibility index (Phi) is 5.57. The lowest BCUT2D eigenvalue weighted by atomic mass is 10.2. The highest BCUT2D eigenvalue weighted by Gasteiger charge is 2.31. The topological polar surface area (TPSA) is 68.7 Å². The van der Waals surface area contributed by atoms with Gasteiger partial charge in [0.15, 0.2) is 11.5 Å². The third kappa shape index (κ3) is 3.71. The molecule has 0 bridgehead atoms. The summed E-state index contributed by atoms with van der Waals surface area (Å²) in [5, 5.41) is 0.853. The first-order valence-corrected chi connectivity index (χ1v) is 11.9. The fraction of sp³-hybridized carbons (Fsp3) is 0.318. The van der Waals surface area contributed by atoms with Gasteiger partial charge in [0.05, 0.1) is 31.4 Å². The average molecular weight is 445 g/mol. The van der Waals surface area contributed by atoms with Crippen molar-refractivity contribution in [3.8, 4) is 22.1 Å². The van der Waals surface area contributed by atoms with Gasteiger partial charge >= 0.3 is 0 Å². The molecule has 1 aliphatic rings. The summed E-state index contributed by atoms with van der Waals surface area (Å²) in [6.07, 6.45) is 0.600. The van der Waals surface area contributed by atoms with Gasteiger partial charge in [-0.15, -0.1) is 11.3 Å². The molecule has 0 unspecified atom stereocenters. The summed E-state index contributed by atoms with van der Waals surface area (Å²) in [6, 6.07) is 11.1. The van der Waals surface area contributed by atoms with Crippen molar-refractivity contribution in [2.75, 3.05) is 20.8 Å². The zero-order valence-corrected chi connectivity index (χ0v) is 19.1. The maximum atomic E-state index is 13.2. The van der Waals surface area contributed by atoms with Crippen LogP contribution in [0.2, 0.25) is 0 Å². The Morgan fingerprint density at radius 2 is 1.80 bits per heavy atom. The number of benzene rings is 2. The van der Waals surface area contributed by atoms with Crippen LogP contribution < -0.4 is 9.47 Å². The van der Waals surface area contributed by atoms with E-state index in [0.29, 0.717) is 35.9 Å². The van der Waals surface area contributed by atoms with E-state index >= 15 is 0 Å². The SMILES string of the molecule is COc1ccc(-c2nc3c(s2)CN(S(=O)(=O)c2ccc(C)cc2C)CC3)cc1OC. The van der Waals surface area contributed by atoms with Crippen LogP contribution in [0.4, 0.5) is 0 Å². The van der Waals surface area contributed by atoms with Crippen LogP contribution in [0, 0.1) is 13.8 Å². The second-order valence-corrected chi connectivity index (χ2v) is 10.3. The van der Waals surface area contributed by atoms with Crippen molar-refractivity contribution in [1.82, 2.24) is 9.29 Å². The molecule has 3 aromatic rings. The number of hydrogen-bond acceptors (Lipinski definition) is 6. The van der Waals surface area contributed by atoms with E-state index in [2.05, 4.69) is 0 Å². The van der Waals surface area contributed by atoms with Gasteiger partial charge in [0.25, 0.3) is 0 Å². The minimum Gasteiger partial charge on any atom is -0.493 e. The van der Waals surface area contributed by atoms with E-state index in [1.807, 2.05) is 44.2 Å². The summed E-state index contributed by atoms with van der Waals surface area (Å²) in [5.41, 5.74) is 3.72. The number of sulfonamides is 1. The average Bonchev–Trinajstić information content (AvgIpc) is 3.16. The van der Waals surface area contributed by atoms with E-state index in [1.165, 1.54) is 11.3 Å². The Balaban J connectivity index is 1.63. The molecule has 0 saturated carbocycles. The van der Waals surface area contributed by atoms with Crippen LogP contribution in [0.25, 0.3) is 10.6 Å². The normalized spacial score (nSPS) is 14.4. The van der Waals surface area contributed by atoms with Crippen molar-refractivity contribution in [2.45, 2.75) is 31.7 Å². The molecule has 0 atom stereocenters. The van der Waals surface area contributed by atoms with Crippen LogP contribution in [-0.2, 0) is 23.0 Å². The largest absolute Gasteiger partial charge is 0.493 e. The van der Waals surface area contributed by atoms with Crippen LogP contribution in [0.5, 0.6) is 11.5 Å². The third-order valence-corrected chi connectivity index (χ3v) is 8.41. The van der Waals surface area contributed by atoms with E-state index < -0.39 is 10.0 Å². The molecule has 2 heterocycles. The molecule has 0 radical (unpaired) electrons. The molecule has 0 amide bonds. The monoisotopic (exact) mass is 444 g/mol. The lowest BCUT2D eigenvalue weighted by Crippen LogP contribution is -2.35. The first kappa shape index (κ1) is 20.8. The Morgan fingerprint density at radius 1 is 1.03 bits per heavy atom. The second kappa shape index (κ2) is 8.02. The van der Waals surface area contributed by atoms with Gasteiger partial charge in [0, 0.05) is 23.4 Å². The predicted octanol–water partition coefficient (Wildman–Crippen LogP) is 4.19. The molecule has 2 aromatic carbocycles. The molecular weight excluding hydrogens is 420 g/mol. The number of nitrogens with zero attached hydrogens (tertiary/aromatic N) is 2. The Morgan fingerprint density at radius 3 is 2.50 bits per heavy atom. The highest BCUT2D eigenvalue weighted by molar-refractivity contribution is 7.89. The molecule has 4 rings (SSSR count). The minimum absolute atomic E-state index is 0.343. The lowest BCUT2D eigenvalue weighted by Gasteiger charge is -2.26. The van der Waals surface area contributed by atoms with Crippen molar-refractivity contribution in [3.63, 3.8) is 0 Å². The first-order valence-electron chi connectivity index (χ1n) is 9.62. The molecular formula is C22H24N2O4S2. The number of aromatic nitrogens is 1. The second-order valence-electron chi connectivity index (χ2n) is 7.32. The van der Waals surface area contributed by atoms with E-state index in [9.17, 15) is 8.42 Å². The van der Waals surface area contributed by atoms with Gasteiger partial charge in [0.2, 0.25) is 10.0 Å².